The number of likely N-dealkylation sites (tertiary alicyclic amines) is 1. The van der Waals surface area contributed by atoms with Crippen molar-refractivity contribution in [3.63, 3.8) is 0 Å². The summed E-state index contributed by atoms with van der Waals surface area (Å²) in [5.74, 6) is 0.689. The monoisotopic (exact) mass is 457 g/mol. The Hall–Kier alpha value is -2.46. The molecule has 0 unspecified atom stereocenters. The first-order valence-electron chi connectivity index (χ1n) is 12.8. The molecule has 2 N–H and O–H groups in total. The number of hydrogen-bond donors (Lipinski definition) is 2. The topological polar surface area (TPSA) is 43.7 Å². The van der Waals surface area contributed by atoms with E-state index >= 15 is 0 Å². The van der Waals surface area contributed by atoms with E-state index < -0.39 is 11.7 Å². The average Bonchev–Trinajstić information content (AvgIpc) is 2.89. The largest absolute Gasteiger partial charge is 0.388 e. The van der Waals surface area contributed by atoms with E-state index in [-0.39, 0.29) is 5.92 Å². The molecule has 0 amide bonds. The van der Waals surface area contributed by atoms with Crippen LogP contribution < -0.4 is 0 Å². The molecule has 0 saturated carbocycles. The minimum Gasteiger partial charge on any atom is -0.388 e. The summed E-state index contributed by atoms with van der Waals surface area (Å²) in [6.07, 6.45) is 3.26. The number of piperidine rings is 1. The minimum atomic E-state index is -0.965. The lowest BCUT2D eigenvalue weighted by molar-refractivity contribution is -0.0146. The molecule has 3 nitrogen and oxygen atoms in total. The van der Waals surface area contributed by atoms with E-state index in [0.717, 1.165) is 62.0 Å². The maximum atomic E-state index is 12.0. The molecule has 4 rings (SSSR count). The molecule has 3 aromatic rings. The van der Waals surface area contributed by atoms with E-state index in [2.05, 4.69) is 67.3 Å². The lowest BCUT2D eigenvalue weighted by Gasteiger charge is -2.42. The molecule has 0 aliphatic carbocycles. The van der Waals surface area contributed by atoms with Gasteiger partial charge >= 0.3 is 0 Å². The van der Waals surface area contributed by atoms with Gasteiger partial charge in [0.2, 0.25) is 0 Å². The second kappa shape index (κ2) is 11.3. The van der Waals surface area contributed by atoms with Gasteiger partial charge in [-0.1, -0.05) is 98.8 Å². The van der Waals surface area contributed by atoms with E-state index in [1.165, 1.54) is 5.56 Å². The van der Waals surface area contributed by atoms with Crippen molar-refractivity contribution in [2.45, 2.75) is 57.2 Å². The van der Waals surface area contributed by atoms with Gasteiger partial charge in [-0.25, -0.2) is 0 Å². The summed E-state index contributed by atoms with van der Waals surface area (Å²) >= 11 is 0. The van der Waals surface area contributed by atoms with Crippen LogP contribution in [0.2, 0.25) is 0 Å². The number of nitrogens with zero attached hydrogens (tertiary/aromatic N) is 1. The number of hydrogen-bond acceptors (Lipinski definition) is 3. The highest BCUT2D eigenvalue weighted by atomic mass is 16.3. The van der Waals surface area contributed by atoms with Crippen LogP contribution in [0.3, 0.4) is 0 Å². The molecule has 1 aliphatic heterocycles. The molecule has 0 aromatic heterocycles. The highest BCUT2D eigenvalue weighted by Gasteiger charge is 2.41. The Bertz CT molecular complexity index is 953. The Morgan fingerprint density at radius 1 is 0.794 bits per heavy atom. The Morgan fingerprint density at radius 3 is 1.79 bits per heavy atom. The van der Waals surface area contributed by atoms with Crippen LogP contribution in [-0.4, -0.2) is 34.7 Å². The molecular weight excluding hydrogens is 418 g/mol. The van der Waals surface area contributed by atoms with Gasteiger partial charge in [0.05, 0.1) is 6.10 Å². The fourth-order valence-corrected chi connectivity index (χ4v) is 5.37. The van der Waals surface area contributed by atoms with E-state index in [1.807, 2.05) is 36.4 Å². The van der Waals surface area contributed by atoms with E-state index in [9.17, 15) is 10.2 Å². The molecule has 3 aromatic carbocycles. The molecule has 34 heavy (non-hydrogen) atoms. The van der Waals surface area contributed by atoms with Crippen molar-refractivity contribution in [2.75, 3.05) is 19.6 Å². The number of rotatable bonds is 9. The molecule has 1 atom stereocenters. The summed E-state index contributed by atoms with van der Waals surface area (Å²) in [4.78, 5) is 2.49. The fourth-order valence-electron chi connectivity index (χ4n) is 5.37. The molecule has 0 radical (unpaired) electrons. The van der Waals surface area contributed by atoms with Gasteiger partial charge in [0.15, 0.2) is 0 Å². The third-order valence-corrected chi connectivity index (χ3v) is 7.55. The molecule has 1 aliphatic rings. The predicted octanol–water partition coefficient (Wildman–Crippen LogP) is 6.27. The van der Waals surface area contributed by atoms with Crippen LogP contribution in [0.25, 0.3) is 0 Å². The first-order chi connectivity index (χ1) is 16.5. The first kappa shape index (κ1) is 24.7. The normalized spacial score (nSPS) is 16.6. The van der Waals surface area contributed by atoms with Crippen molar-refractivity contribution < 1.29 is 10.2 Å². The van der Waals surface area contributed by atoms with Crippen LogP contribution in [0.1, 0.15) is 73.8 Å². The fraction of sp³-hybridized carbons (Fsp3) is 0.419. The van der Waals surface area contributed by atoms with Crippen molar-refractivity contribution in [1.82, 2.24) is 4.90 Å². The standard InChI is InChI=1S/C31H39NO2/c1-24(2)25-15-17-26(18-16-25)30(33)14-9-21-32-22-19-29(20-23-32)31(34,27-10-5-3-6-11-27)28-12-7-4-8-13-28/h3-8,10-13,15-18,24,29-30,33-34H,9,14,19-23H2,1-2H3/t30-/m1/s1. The van der Waals surface area contributed by atoms with Crippen molar-refractivity contribution in [1.29, 1.82) is 0 Å². The second-order valence-corrected chi connectivity index (χ2v) is 10.1. The van der Waals surface area contributed by atoms with Crippen LogP contribution in [-0.2, 0) is 5.60 Å². The van der Waals surface area contributed by atoms with Gasteiger partial charge in [0.1, 0.15) is 5.60 Å². The predicted molar refractivity (Wildman–Crippen MR) is 140 cm³/mol. The Balaban J connectivity index is 1.32. The van der Waals surface area contributed by atoms with E-state index in [0.29, 0.717) is 5.92 Å². The lowest BCUT2D eigenvalue weighted by Crippen LogP contribution is -2.44. The third kappa shape index (κ3) is 5.60. The highest BCUT2D eigenvalue weighted by molar-refractivity contribution is 5.37. The molecule has 1 fully saturated rings. The van der Waals surface area contributed by atoms with E-state index in [4.69, 9.17) is 0 Å². The molecule has 3 heteroatoms. The Labute approximate surface area is 205 Å². The van der Waals surface area contributed by atoms with Gasteiger partial charge in [0.25, 0.3) is 0 Å². The van der Waals surface area contributed by atoms with Gasteiger partial charge in [-0.05, 0) is 79.4 Å². The van der Waals surface area contributed by atoms with Gasteiger partial charge in [-0.15, -0.1) is 0 Å². The van der Waals surface area contributed by atoms with Gasteiger partial charge in [0, 0.05) is 0 Å². The highest BCUT2D eigenvalue weighted by Crippen LogP contribution is 2.42. The van der Waals surface area contributed by atoms with Crippen molar-refractivity contribution >= 4 is 0 Å². The zero-order valence-electron chi connectivity index (χ0n) is 20.6. The molecule has 0 bridgehead atoms. The van der Waals surface area contributed by atoms with Crippen LogP contribution >= 0.6 is 0 Å². The lowest BCUT2D eigenvalue weighted by atomic mass is 9.72. The smallest absolute Gasteiger partial charge is 0.117 e. The second-order valence-electron chi connectivity index (χ2n) is 10.1. The summed E-state index contributed by atoms with van der Waals surface area (Å²) in [5, 5.41) is 22.7. The van der Waals surface area contributed by atoms with Crippen molar-refractivity contribution in [3.05, 3.63) is 107 Å². The van der Waals surface area contributed by atoms with Crippen LogP contribution in [0.4, 0.5) is 0 Å². The SMILES string of the molecule is CC(C)c1ccc([C@H](O)CCCN2CCC(C(O)(c3ccccc3)c3ccccc3)CC2)cc1. The number of benzene rings is 3. The molecular formula is C31H39NO2. The summed E-state index contributed by atoms with van der Waals surface area (Å²) in [5.41, 5.74) is 3.31. The molecule has 180 valence electrons. The van der Waals surface area contributed by atoms with Crippen molar-refractivity contribution in [3.8, 4) is 0 Å². The summed E-state index contributed by atoms with van der Waals surface area (Å²) < 4.78 is 0. The zero-order valence-corrected chi connectivity index (χ0v) is 20.6. The zero-order chi connectivity index (χ0) is 24.0. The maximum Gasteiger partial charge on any atom is 0.117 e. The molecule has 1 saturated heterocycles. The summed E-state index contributed by atoms with van der Waals surface area (Å²) in [6, 6.07) is 28.7. The average molecular weight is 458 g/mol. The molecule has 0 spiro atoms. The summed E-state index contributed by atoms with van der Waals surface area (Å²) in [7, 11) is 0. The van der Waals surface area contributed by atoms with E-state index in [1.54, 1.807) is 0 Å². The maximum absolute atomic E-state index is 12.0. The van der Waals surface area contributed by atoms with Crippen LogP contribution in [0.5, 0.6) is 0 Å². The Kier molecular flexibility index (Phi) is 8.20. The van der Waals surface area contributed by atoms with Crippen LogP contribution in [0, 0.1) is 5.92 Å². The number of aliphatic hydroxyl groups excluding tert-OH is 1. The van der Waals surface area contributed by atoms with Gasteiger partial charge < -0.3 is 15.1 Å². The molecule has 1 heterocycles. The summed E-state index contributed by atoms with van der Waals surface area (Å²) in [6.45, 7) is 7.32. The quantitative estimate of drug-likeness (QED) is 0.398. The van der Waals surface area contributed by atoms with Crippen LogP contribution in [0.15, 0.2) is 84.9 Å². The Morgan fingerprint density at radius 2 is 1.29 bits per heavy atom. The minimum absolute atomic E-state index is 0.179. The van der Waals surface area contributed by atoms with Crippen molar-refractivity contribution in [2.24, 2.45) is 5.92 Å². The van der Waals surface area contributed by atoms with Gasteiger partial charge in [-0.3, -0.25) is 0 Å². The number of aliphatic hydroxyl groups is 2. The third-order valence-electron chi connectivity index (χ3n) is 7.55. The van der Waals surface area contributed by atoms with Gasteiger partial charge in [-0.2, -0.15) is 0 Å². The first-order valence-corrected chi connectivity index (χ1v) is 12.8.